The van der Waals surface area contributed by atoms with Gasteiger partial charge in [-0.25, -0.2) is 0 Å². The standard InChI is InChI=1S/C13H16OS/c1-2-3-11-15-13-9-5-4-7-12(13)8-6-10-14/h4-10H,2-3,11H2,1H3/b8-6+. The number of allylic oxidation sites excluding steroid dienone is 1. The monoisotopic (exact) mass is 220 g/mol. The van der Waals surface area contributed by atoms with E-state index >= 15 is 0 Å². The second-order valence-electron chi connectivity index (χ2n) is 3.24. The van der Waals surface area contributed by atoms with E-state index in [9.17, 15) is 4.79 Å². The highest BCUT2D eigenvalue weighted by molar-refractivity contribution is 7.99. The van der Waals surface area contributed by atoms with E-state index in [1.165, 1.54) is 17.7 Å². The molecule has 1 aromatic rings. The number of hydrogen-bond donors (Lipinski definition) is 0. The van der Waals surface area contributed by atoms with Gasteiger partial charge in [0, 0.05) is 4.90 Å². The quantitative estimate of drug-likeness (QED) is 0.314. The van der Waals surface area contributed by atoms with Crippen LogP contribution in [0.4, 0.5) is 0 Å². The molecule has 1 aromatic carbocycles. The summed E-state index contributed by atoms with van der Waals surface area (Å²) in [5, 5.41) is 0. The molecule has 1 nitrogen and oxygen atoms in total. The number of unbranched alkanes of at least 4 members (excludes halogenated alkanes) is 1. The number of rotatable bonds is 6. The van der Waals surface area contributed by atoms with E-state index in [1.807, 2.05) is 36.0 Å². The molecule has 80 valence electrons. The van der Waals surface area contributed by atoms with Gasteiger partial charge in [-0.2, -0.15) is 0 Å². The summed E-state index contributed by atoms with van der Waals surface area (Å²) in [4.78, 5) is 11.5. The summed E-state index contributed by atoms with van der Waals surface area (Å²) in [6, 6.07) is 8.17. The third kappa shape index (κ3) is 4.34. The summed E-state index contributed by atoms with van der Waals surface area (Å²) < 4.78 is 0. The van der Waals surface area contributed by atoms with Gasteiger partial charge < -0.3 is 0 Å². The van der Waals surface area contributed by atoms with E-state index in [0.717, 1.165) is 17.6 Å². The minimum Gasteiger partial charge on any atom is -0.299 e. The van der Waals surface area contributed by atoms with E-state index in [2.05, 4.69) is 13.0 Å². The van der Waals surface area contributed by atoms with Crippen LogP contribution >= 0.6 is 11.8 Å². The predicted octanol–water partition coefficient (Wildman–Crippen LogP) is 3.79. The molecular formula is C13H16OS. The maximum Gasteiger partial charge on any atom is 0.142 e. The number of carbonyl (C=O) groups is 1. The fourth-order valence-corrected chi connectivity index (χ4v) is 2.35. The third-order valence-corrected chi connectivity index (χ3v) is 3.20. The molecule has 0 saturated heterocycles. The van der Waals surface area contributed by atoms with Crippen LogP contribution in [0.25, 0.3) is 6.08 Å². The lowest BCUT2D eigenvalue weighted by molar-refractivity contribution is -0.104. The van der Waals surface area contributed by atoms with Gasteiger partial charge in [-0.05, 0) is 29.9 Å². The lowest BCUT2D eigenvalue weighted by atomic mass is 10.2. The van der Waals surface area contributed by atoms with Gasteiger partial charge in [0.2, 0.25) is 0 Å². The summed E-state index contributed by atoms with van der Waals surface area (Å²) in [5.41, 5.74) is 1.13. The molecule has 0 unspecified atom stereocenters. The van der Waals surface area contributed by atoms with E-state index in [4.69, 9.17) is 0 Å². The fourth-order valence-electron chi connectivity index (χ4n) is 1.22. The molecule has 1 rings (SSSR count). The fraction of sp³-hybridized carbons (Fsp3) is 0.308. The van der Waals surface area contributed by atoms with Crippen LogP contribution in [0, 0.1) is 0 Å². The Hall–Kier alpha value is -1.02. The van der Waals surface area contributed by atoms with Gasteiger partial charge in [0.1, 0.15) is 6.29 Å². The van der Waals surface area contributed by atoms with Crippen molar-refractivity contribution in [1.82, 2.24) is 0 Å². The van der Waals surface area contributed by atoms with Gasteiger partial charge in [0.05, 0.1) is 0 Å². The van der Waals surface area contributed by atoms with Crippen LogP contribution in [-0.4, -0.2) is 12.0 Å². The van der Waals surface area contributed by atoms with Crippen molar-refractivity contribution in [1.29, 1.82) is 0 Å². The van der Waals surface area contributed by atoms with Crippen molar-refractivity contribution >= 4 is 24.1 Å². The Morgan fingerprint density at radius 3 is 2.87 bits per heavy atom. The van der Waals surface area contributed by atoms with E-state index < -0.39 is 0 Å². The van der Waals surface area contributed by atoms with Gasteiger partial charge in [-0.15, -0.1) is 11.8 Å². The van der Waals surface area contributed by atoms with E-state index in [1.54, 1.807) is 6.08 Å². The van der Waals surface area contributed by atoms with E-state index in [-0.39, 0.29) is 0 Å². The van der Waals surface area contributed by atoms with Crippen LogP contribution in [0.5, 0.6) is 0 Å². The Morgan fingerprint density at radius 1 is 1.33 bits per heavy atom. The Balaban J connectivity index is 2.68. The first-order valence-corrected chi connectivity index (χ1v) is 6.20. The average Bonchev–Trinajstić information content (AvgIpc) is 2.28. The molecule has 0 saturated carbocycles. The van der Waals surface area contributed by atoms with Crippen molar-refractivity contribution in [2.24, 2.45) is 0 Å². The summed E-state index contributed by atoms with van der Waals surface area (Å²) in [5.74, 6) is 1.14. The zero-order chi connectivity index (χ0) is 10.9. The molecule has 0 atom stereocenters. The molecule has 0 amide bonds. The Kier molecular flexibility index (Phi) is 5.86. The van der Waals surface area contributed by atoms with Crippen LogP contribution in [0.1, 0.15) is 25.3 Å². The minimum absolute atomic E-state index is 0.813. The SMILES string of the molecule is CCCCSc1ccccc1/C=C/C=O. The smallest absolute Gasteiger partial charge is 0.142 e. The maximum absolute atomic E-state index is 10.3. The van der Waals surface area contributed by atoms with Gasteiger partial charge in [-0.1, -0.05) is 37.6 Å². The normalized spacial score (nSPS) is 10.7. The molecule has 0 aliphatic heterocycles. The molecule has 0 aromatic heterocycles. The van der Waals surface area contributed by atoms with Crippen molar-refractivity contribution in [3.05, 3.63) is 35.9 Å². The molecule has 0 heterocycles. The molecule has 2 heteroatoms. The average molecular weight is 220 g/mol. The first kappa shape index (κ1) is 12.1. The summed E-state index contributed by atoms with van der Waals surface area (Å²) in [7, 11) is 0. The number of aldehydes is 1. The lowest BCUT2D eigenvalue weighted by Gasteiger charge is -2.04. The molecule has 0 radical (unpaired) electrons. The number of thioether (sulfide) groups is 1. The van der Waals surface area contributed by atoms with Crippen LogP contribution < -0.4 is 0 Å². The Morgan fingerprint density at radius 2 is 2.13 bits per heavy atom. The van der Waals surface area contributed by atoms with E-state index in [0.29, 0.717) is 0 Å². The number of hydrogen-bond acceptors (Lipinski definition) is 2. The van der Waals surface area contributed by atoms with Gasteiger partial charge >= 0.3 is 0 Å². The first-order chi connectivity index (χ1) is 7.38. The van der Waals surface area contributed by atoms with Gasteiger partial charge in [0.25, 0.3) is 0 Å². The van der Waals surface area contributed by atoms with Crippen LogP contribution in [-0.2, 0) is 4.79 Å². The highest BCUT2D eigenvalue weighted by Crippen LogP contribution is 2.24. The number of benzene rings is 1. The zero-order valence-corrected chi connectivity index (χ0v) is 9.80. The maximum atomic E-state index is 10.3. The minimum atomic E-state index is 0.813. The van der Waals surface area contributed by atoms with Crippen LogP contribution in [0.15, 0.2) is 35.2 Å². The molecule has 0 N–H and O–H groups in total. The lowest BCUT2D eigenvalue weighted by Crippen LogP contribution is -1.82. The zero-order valence-electron chi connectivity index (χ0n) is 8.98. The number of carbonyl (C=O) groups excluding carboxylic acids is 1. The summed E-state index contributed by atoms with van der Waals surface area (Å²) in [6.07, 6.45) is 6.67. The summed E-state index contributed by atoms with van der Waals surface area (Å²) >= 11 is 1.85. The molecular weight excluding hydrogens is 204 g/mol. The third-order valence-electron chi connectivity index (χ3n) is 2.03. The van der Waals surface area contributed by atoms with Crippen molar-refractivity contribution in [2.45, 2.75) is 24.7 Å². The second kappa shape index (κ2) is 7.30. The molecule has 0 aliphatic rings. The van der Waals surface area contributed by atoms with Crippen molar-refractivity contribution < 1.29 is 4.79 Å². The van der Waals surface area contributed by atoms with Crippen molar-refractivity contribution in [3.63, 3.8) is 0 Å². The largest absolute Gasteiger partial charge is 0.299 e. The molecule has 0 bridgehead atoms. The summed E-state index contributed by atoms with van der Waals surface area (Å²) in [6.45, 7) is 2.19. The molecule has 0 spiro atoms. The second-order valence-corrected chi connectivity index (χ2v) is 4.37. The van der Waals surface area contributed by atoms with Crippen LogP contribution in [0.2, 0.25) is 0 Å². The van der Waals surface area contributed by atoms with Crippen molar-refractivity contribution in [3.8, 4) is 0 Å². The topological polar surface area (TPSA) is 17.1 Å². The highest BCUT2D eigenvalue weighted by atomic mass is 32.2. The van der Waals surface area contributed by atoms with Crippen LogP contribution in [0.3, 0.4) is 0 Å². The molecule has 15 heavy (non-hydrogen) atoms. The Bertz CT molecular complexity index is 331. The molecule has 0 aliphatic carbocycles. The van der Waals surface area contributed by atoms with Crippen molar-refractivity contribution in [2.75, 3.05) is 5.75 Å². The van der Waals surface area contributed by atoms with Gasteiger partial charge in [-0.3, -0.25) is 4.79 Å². The highest BCUT2D eigenvalue weighted by Gasteiger charge is 1.98. The Labute approximate surface area is 95.6 Å². The predicted molar refractivity (Wildman–Crippen MR) is 67.2 cm³/mol. The van der Waals surface area contributed by atoms with Gasteiger partial charge in [0.15, 0.2) is 0 Å². The molecule has 0 fully saturated rings. The first-order valence-electron chi connectivity index (χ1n) is 5.22.